The first kappa shape index (κ1) is 16.5. The molecule has 1 unspecified atom stereocenters. The van der Waals surface area contributed by atoms with E-state index >= 15 is 0 Å². The van der Waals surface area contributed by atoms with Crippen LogP contribution in [0.25, 0.3) is 0 Å². The summed E-state index contributed by atoms with van der Waals surface area (Å²) < 4.78 is 0. The Morgan fingerprint density at radius 3 is 2.70 bits per heavy atom. The van der Waals surface area contributed by atoms with Crippen molar-refractivity contribution in [1.82, 2.24) is 10.2 Å². The third-order valence-corrected chi connectivity index (χ3v) is 3.41. The van der Waals surface area contributed by atoms with Gasteiger partial charge < -0.3 is 15.1 Å². The van der Waals surface area contributed by atoms with Gasteiger partial charge >= 0.3 is 0 Å². The fourth-order valence-corrected chi connectivity index (χ4v) is 2.14. The monoisotopic (exact) mass is 297 g/mol. The third kappa shape index (κ3) is 3.71. The molecular formula is C14H20ClN3O2. The number of anilines is 1. The minimum Gasteiger partial charge on any atom is -0.343 e. The van der Waals surface area contributed by atoms with E-state index in [1.165, 1.54) is 0 Å². The number of carbonyl (C=O) groups is 2. The van der Waals surface area contributed by atoms with E-state index in [9.17, 15) is 9.59 Å². The molecular weight excluding hydrogens is 278 g/mol. The van der Waals surface area contributed by atoms with Gasteiger partial charge in [-0.15, -0.1) is 12.4 Å². The van der Waals surface area contributed by atoms with Crippen molar-refractivity contribution in [3.63, 3.8) is 0 Å². The van der Waals surface area contributed by atoms with E-state index in [-0.39, 0.29) is 30.6 Å². The second-order valence-corrected chi connectivity index (χ2v) is 4.76. The maximum Gasteiger partial charge on any atom is 0.240 e. The number of benzene rings is 1. The highest BCUT2D eigenvalue weighted by molar-refractivity contribution is 5.97. The van der Waals surface area contributed by atoms with Crippen LogP contribution < -0.4 is 10.2 Å². The van der Waals surface area contributed by atoms with Gasteiger partial charge in [0.1, 0.15) is 0 Å². The van der Waals surface area contributed by atoms with Crippen molar-refractivity contribution in [1.29, 1.82) is 0 Å². The summed E-state index contributed by atoms with van der Waals surface area (Å²) in [5.41, 5.74) is 0.837. The largest absolute Gasteiger partial charge is 0.343 e. The first-order valence-electron chi connectivity index (χ1n) is 6.39. The van der Waals surface area contributed by atoms with Crippen LogP contribution in [0.4, 0.5) is 5.69 Å². The Hall–Kier alpha value is -1.59. The zero-order chi connectivity index (χ0) is 13.8. The van der Waals surface area contributed by atoms with Gasteiger partial charge in [-0.3, -0.25) is 9.59 Å². The van der Waals surface area contributed by atoms with E-state index in [4.69, 9.17) is 0 Å². The number of likely N-dealkylation sites (N-methyl/N-ethyl adjacent to an activating group) is 1. The summed E-state index contributed by atoms with van der Waals surface area (Å²) in [6, 6.07) is 9.02. The third-order valence-electron chi connectivity index (χ3n) is 3.41. The molecule has 1 aromatic carbocycles. The predicted octanol–water partition coefficient (Wildman–Crippen LogP) is 0.891. The number of carbonyl (C=O) groups excluding carboxylic acids is 2. The van der Waals surface area contributed by atoms with E-state index < -0.39 is 6.04 Å². The second kappa shape index (κ2) is 7.26. The van der Waals surface area contributed by atoms with Crippen molar-refractivity contribution in [3.8, 4) is 0 Å². The molecule has 1 heterocycles. The molecule has 6 heteroatoms. The van der Waals surface area contributed by atoms with Crippen LogP contribution in [0.5, 0.6) is 0 Å². The maximum atomic E-state index is 12.2. The zero-order valence-electron chi connectivity index (χ0n) is 11.7. The first-order chi connectivity index (χ1) is 9.09. The maximum absolute atomic E-state index is 12.2. The molecule has 20 heavy (non-hydrogen) atoms. The molecule has 0 bridgehead atoms. The van der Waals surface area contributed by atoms with Crippen molar-refractivity contribution in [3.05, 3.63) is 30.3 Å². The molecule has 1 fully saturated rings. The highest BCUT2D eigenvalue weighted by atomic mass is 35.5. The number of nitrogens with zero attached hydrogens (tertiary/aromatic N) is 2. The van der Waals surface area contributed by atoms with Crippen molar-refractivity contribution < 1.29 is 9.59 Å². The summed E-state index contributed by atoms with van der Waals surface area (Å²) in [4.78, 5) is 27.3. The summed E-state index contributed by atoms with van der Waals surface area (Å²) in [5.74, 6) is -0.0755. The zero-order valence-corrected chi connectivity index (χ0v) is 12.5. The smallest absolute Gasteiger partial charge is 0.240 e. The Balaban J connectivity index is 0.00000200. The highest BCUT2D eigenvalue weighted by Gasteiger charge is 2.29. The molecule has 2 amide bonds. The first-order valence-corrected chi connectivity index (χ1v) is 6.39. The van der Waals surface area contributed by atoms with Crippen LogP contribution in [0, 0.1) is 0 Å². The molecule has 1 atom stereocenters. The number of amides is 2. The van der Waals surface area contributed by atoms with Gasteiger partial charge in [-0.2, -0.15) is 0 Å². The molecule has 1 aliphatic rings. The van der Waals surface area contributed by atoms with Crippen LogP contribution in [0.1, 0.15) is 6.42 Å². The summed E-state index contributed by atoms with van der Waals surface area (Å²) in [6.07, 6.45) is 0.189. The molecule has 1 aliphatic heterocycles. The Morgan fingerprint density at radius 2 is 2.05 bits per heavy atom. The van der Waals surface area contributed by atoms with Gasteiger partial charge in [0.05, 0.1) is 12.5 Å². The quantitative estimate of drug-likeness (QED) is 0.901. The lowest BCUT2D eigenvalue weighted by Gasteiger charge is -2.31. The van der Waals surface area contributed by atoms with Crippen LogP contribution in [-0.4, -0.2) is 49.9 Å². The lowest BCUT2D eigenvalue weighted by Crippen LogP contribution is -2.54. The van der Waals surface area contributed by atoms with E-state index in [1.54, 1.807) is 23.9 Å². The molecule has 0 aliphatic carbocycles. The Bertz CT molecular complexity index is 467. The van der Waals surface area contributed by atoms with Crippen molar-refractivity contribution in [2.45, 2.75) is 12.5 Å². The van der Waals surface area contributed by atoms with Gasteiger partial charge in [-0.25, -0.2) is 0 Å². The van der Waals surface area contributed by atoms with E-state index in [2.05, 4.69) is 5.32 Å². The SMILES string of the molecule is CN1CCNC(CC(=O)N(C)c2ccccc2)C1=O.Cl. The van der Waals surface area contributed by atoms with Crippen molar-refractivity contribution >= 4 is 29.9 Å². The topological polar surface area (TPSA) is 52.7 Å². The number of rotatable bonds is 3. The summed E-state index contributed by atoms with van der Waals surface area (Å²) in [7, 11) is 3.50. The lowest BCUT2D eigenvalue weighted by molar-refractivity contribution is -0.136. The molecule has 110 valence electrons. The molecule has 2 rings (SSSR count). The highest BCUT2D eigenvalue weighted by Crippen LogP contribution is 2.13. The van der Waals surface area contributed by atoms with Crippen LogP contribution in [0.3, 0.4) is 0 Å². The minimum atomic E-state index is -0.405. The predicted molar refractivity (Wildman–Crippen MR) is 81.1 cm³/mol. The Kier molecular flexibility index (Phi) is 5.98. The molecule has 5 nitrogen and oxygen atoms in total. The lowest BCUT2D eigenvalue weighted by atomic mass is 10.1. The summed E-state index contributed by atoms with van der Waals surface area (Å²) in [5, 5.41) is 3.10. The van der Waals surface area contributed by atoms with Crippen LogP contribution in [-0.2, 0) is 9.59 Å². The minimum absolute atomic E-state index is 0. The van der Waals surface area contributed by atoms with Gasteiger partial charge in [-0.1, -0.05) is 18.2 Å². The van der Waals surface area contributed by atoms with E-state index in [1.807, 2.05) is 30.3 Å². The molecule has 0 spiro atoms. The summed E-state index contributed by atoms with van der Waals surface area (Å²) >= 11 is 0. The van der Waals surface area contributed by atoms with Crippen LogP contribution in [0.15, 0.2) is 30.3 Å². The van der Waals surface area contributed by atoms with Gasteiger partial charge in [0, 0.05) is 32.9 Å². The Labute approximate surface area is 125 Å². The average Bonchev–Trinajstić information content (AvgIpc) is 2.44. The van der Waals surface area contributed by atoms with Gasteiger partial charge in [0.15, 0.2) is 0 Å². The molecule has 1 N–H and O–H groups in total. The number of nitrogens with one attached hydrogen (secondary N) is 1. The van der Waals surface area contributed by atoms with Gasteiger partial charge in [-0.05, 0) is 12.1 Å². The normalized spacial score (nSPS) is 18.4. The van der Waals surface area contributed by atoms with Crippen molar-refractivity contribution in [2.24, 2.45) is 0 Å². The number of piperazine rings is 1. The fraction of sp³-hybridized carbons (Fsp3) is 0.429. The van der Waals surface area contributed by atoms with E-state index in [0.29, 0.717) is 6.54 Å². The number of hydrogen-bond donors (Lipinski definition) is 1. The Morgan fingerprint density at radius 1 is 1.40 bits per heavy atom. The number of hydrogen-bond acceptors (Lipinski definition) is 3. The summed E-state index contributed by atoms with van der Waals surface area (Å²) in [6.45, 7) is 1.42. The van der Waals surface area contributed by atoms with Crippen LogP contribution in [0.2, 0.25) is 0 Å². The van der Waals surface area contributed by atoms with E-state index in [0.717, 1.165) is 12.2 Å². The average molecular weight is 298 g/mol. The standard InChI is InChI=1S/C14H19N3O2.ClH/c1-16-9-8-15-12(14(16)19)10-13(18)17(2)11-6-4-3-5-7-11;/h3-7,12,15H,8-10H2,1-2H3;1H. The molecule has 1 aromatic rings. The van der Waals surface area contributed by atoms with Crippen LogP contribution >= 0.6 is 12.4 Å². The number of para-hydroxylation sites is 1. The molecule has 1 saturated heterocycles. The second-order valence-electron chi connectivity index (χ2n) is 4.76. The van der Waals surface area contributed by atoms with Crippen molar-refractivity contribution in [2.75, 3.05) is 32.1 Å². The van der Waals surface area contributed by atoms with Gasteiger partial charge in [0.25, 0.3) is 0 Å². The van der Waals surface area contributed by atoms with Gasteiger partial charge in [0.2, 0.25) is 11.8 Å². The number of halogens is 1. The fourth-order valence-electron chi connectivity index (χ4n) is 2.14. The molecule has 0 aromatic heterocycles. The molecule has 0 radical (unpaired) electrons. The molecule has 0 saturated carbocycles.